The number of nitrogens with zero attached hydrogens (tertiary/aromatic N) is 3. The largest absolute Gasteiger partial charge is 0.380 e. The van der Waals surface area contributed by atoms with Crippen LogP contribution in [0.5, 0.6) is 0 Å². The van der Waals surface area contributed by atoms with Gasteiger partial charge in [-0.15, -0.1) is 11.3 Å². The Morgan fingerprint density at radius 1 is 1.48 bits per heavy atom. The van der Waals surface area contributed by atoms with Crippen LogP contribution in [-0.2, 0) is 18.3 Å². The summed E-state index contributed by atoms with van der Waals surface area (Å²) >= 11 is 1.55. The highest BCUT2D eigenvalue weighted by atomic mass is 32.1. The van der Waals surface area contributed by atoms with Crippen LogP contribution in [0.1, 0.15) is 29.5 Å². The van der Waals surface area contributed by atoms with E-state index in [1.54, 1.807) is 11.3 Å². The fraction of sp³-hybridized carbons (Fsp3) is 0.474. The smallest absolute Gasteiger partial charge is 0.170 e. The minimum absolute atomic E-state index is 0.121. The van der Waals surface area contributed by atoms with E-state index in [9.17, 15) is 5.11 Å². The van der Waals surface area contributed by atoms with Crippen molar-refractivity contribution in [1.29, 1.82) is 0 Å². The number of aromatic nitrogens is 3. The lowest BCUT2D eigenvalue weighted by molar-refractivity contribution is 0.0751. The van der Waals surface area contributed by atoms with Crippen LogP contribution in [0.2, 0.25) is 0 Å². The Labute approximate surface area is 170 Å². The molecule has 3 atom stereocenters. The number of aliphatic hydroxyl groups excluding tert-OH is 1. The third-order valence-corrected chi connectivity index (χ3v) is 6.91. The molecule has 1 saturated heterocycles. The average Bonchev–Trinajstić information content (AvgIpc) is 3.36. The lowest BCUT2D eigenvalue weighted by Gasteiger charge is -2.30. The molecular formula is C19H23FN6O2S. The molecule has 3 unspecified atom stereocenters. The van der Waals surface area contributed by atoms with Gasteiger partial charge >= 0.3 is 0 Å². The number of nitrogens with one attached hydrogen (secondary N) is 2. The number of ether oxygens (including phenoxy) is 1. The molecule has 8 nitrogen and oxygen atoms in total. The molecule has 5 rings (SSSR count). The zero-order valence-corrected chi connectivity index (χ0v) is 17.0. The summed E-state index contributed by atoms with van der Waals surface area (Å²) in [6.45, 7) is 3.21. The summed E-state index contributed by atoms with van der Waals surface area (Å²) < 4.78 is 23.5. The van der Waals surface area contributed by atoms with E-state index in [0.29, 0.717) is 36.5 Å². The van der Waals surface area contributed by atoms with Crippen molar-refractivity contribution in [3.8, 4) is 10.6 Å². The minimum Gasteiger partial charge on any atom is -0.380 e. The van der Waals surface area contributed by atoms with E-state index < -0.39 is 12.0 Å². The number of aliphatic hydroxyl groups is 1. The number of halogens is 1. The summed E-state index contributed by atoms with van der Waals surface area (Å²) in [6.07, 6.45) is -0.269. The van der Waals surface area contributed by atoms with Gasteiger partial charge in [-0.2, -0.15) is 5.10 Å². The molecule has 0 bridgehead atoms. The van der Waals surface area contributed by atoms with Crippen LogP contribution in [0.15, 0.2) is 6.07 Å². The summed E-state index contributed by atoms with van der Waals surface area (Å²) in [4.78, 5) is 5.50. The molecule has 0 radical (unpaired) electrons. The Morgan fingerprint density at radius 2 is 2.31 bits per heavy atom. The van der Waals surface area contributed by atoms with Crippen LogP contribution in [-0.4, -0.2) is 45.2 Å². The predicted molar refractivity (Wildman–Crippen MR) is 109 cm³/mol. The lowest BCUT2D eigenvalue weighted by atomic mass is 10.0. The summed E-state index contributed by atoms with van der Waals surface area (Å²) in [6, 6.07) is 1.64. The highest BCUT2D eigenvalue weighted by molar-refractivity contribution is 7.22. The van der Waals surface area contributed by atoms with E-state index >= 15 is 4.39 Å². The number of aryl methyl sites for hydroxylation is 2. The Hall–Kier alpha value is -2.11. The monoisotopic (exact) mass is 418 g/mol. The van der Waals surface area contributed by atoms with Crippen molar-refractivity contribution in [1.82, 2.24) is 20.1 Å². The standard InChI is InChI=1S/C19H23FN6O2S/c1-8-17-12(26(2)25-8)5-13(29-17)16-14-9(6-22-19(14)27)15(20)18(24-16)23-11-3-4-28-7-10(11)21/h5,10-11,19,22,27H,3-4,6-7,21H2,1-2H3,(H,23,24). The molecule has 2 aliphatic heterocycles. The van der Waals surface area contributed by atoms with Crippen molar-refractivity contribution in [3.63, 3.8) is 0 Å². The summed E-state index contributed by atoms with van der Waals surface area (Å²) in [5.41, 5.74) is 9.59. The maximum absolute atomic E-state index is 15.2. The van der Waals surface area contributed by atoms with Crippen LogP contribution in [0, 0.1) is 12.7 Å². The van der Waals surface area contributed by atoms with Crippen molar-refractivity contribution < 1.29 is 14.2 Å². The Kier molecular flexibility index (Phi) is 4.56. The van der Waals surface area contributed by atoms with Gasteiger partial charge in [0.1, 0.15) is 6.23 Å². The molecule has 154 valence electrons. The molecule has 5 N–H and O–H groups in total. The van der Waals surface area contributed by atoms with Crippen molar-refractivity contribution in [2.24, 2.45) is 12.8 Å². The van der Waals surface area contributed by atoms with E-state index in [2.05, 4.69) is 20.7 Å². The zero-order valence-electron chi connectivity index (χ0n) is 16.2. The maximum atomic E-state index is 15.2. The molecule has 0 aliphatic carbocycles. The number of fused-ring (bicyclic) bond motifs is 2. The molecule has 0 aromatic carbocycles. The molecule has 1 fully saturated rings. The number of rotatable bonds is 3. The second-order valence-electron chi connectivity index (χ2n) is 7.61. The zero-order chi connectivity index (χ0) is 20.3. The van der Waals surface area contributed by atoms with Gasteiger partial charge in [-0.1, -0.05) is 0 Å². The van der Waals surface area contributed by atoms with Crippen LogP contribution < -0.4 is 16.4 Å². The highest BCUT2D eigenvalue weighted by Crippen LogP contribution is 2.41. The Morgan fingerprint density at radius 3 is 3.07 bits per heavy atom. The second-order valence-corrected chi connectivity index (χ2v) is 8.66. The van der Waals surface area contributed by atoms with Gasteiger partial charge in [-0.05, 0) is 19.4 Å². The first-order chi connectivity index (χ1) is 13.9. The van der Waals surface area contributed by atoms with Gasteiger partial charge in [0.05, 0.1) is 33.1 Å². The SMILES string of the molecule is Cc1nn(C)c2cc(-c3nc(NC4CCOCC4N)c(F)c4c3C(O)NC4)sc12. The average molecular weight is 418 g/mol. The Balaban J connectivity index is 1.63. The van der Waals surface area contributed by atoms with Crippen LogP contribution in [0.25, 0.3) is 20.8 Å². The Bertz CT molecular complexity index is 1060. The third-order valence-electron chi connectivity index (χ3n) is 5.67. The topological polar surface area (TPSA) is 110 Å². The lowest BCUT2D eigenvalue weighted by Crippen LogP contribution is -2.47. The molecular weight excluding hydrogens is 395 g/mol. The highest BCUT2D eigenvalue weighted by Gasteiger charge is 2.32. The van der Waals surface area contributed by atoms with E-state index in [0.717, 1.165) is 20.8 Å². The van der Waals surface area contributed by atoms with E-state index in [1.807, 2.05) is 24.7 Å². The van der Waals surface area contributed by atoms with Crippen LogP contribution in [0.4, 0.5) is 10.2 Å². The summed E-state index contributed by atoms with van der Waals surface area (Å²) in [7, 11) is 1.89. The second kappa shape index (κ2) is 6.99. The van der Waals surface area contributed by atoms with E-state index in [1.165, 1.54) is 0 Å². The van der Waals surface area contributed by atoms with Crippen molar-refractivity contribution >= 4 is 27.4 Å². The summed E-state index contributed by atoms with van der Waals surface area (Å²) in [5.74, 6) is -0.269. The minimum atomic E-state index is -0.953. The van der Waals surface area contributed by atoms with Crippen LogP contribution in [0.3, 0.4) is 0 Å². The number of hydrogen-bond acceptors (Lipinski definition) is 8. The number of pyridine rings is 1. The predicted octanol–water partition coefficient (Wildman–Crippen LogP) is 1.77. The summed E-state index contributed by atoms with van der Waals surface area (Å²) in [5, 5.41) is 21.0. The van der Waals surface area contributed by atoms with Gasteiger partial charge in [0.2, 0.25) is 0 Å². The fourth-order valence-corrected chi connectivity index (χ4v) is 5.24. The van der Waals surface area contributed by atoms with Crippen molar-refractivity contribution in [3.05, 3.63) is 28.7 Å². The first kappa shape index (κ1) is 18.9. The molecule has 0 spiro atoms. The first-order valence-corrected chi connectivity index (χ1v) is 10.4. The molecule has 29 heavy (non-hydrogen) atoms. The first-order valence-electron chi connectivity index (χ1n) is 9.61. The molecule has 5 heterocycles. The quantitative estimate of drug-likeness (QED) is 0.513. The van der Waals surface area contributed by atoms with Gasteiger partial charge in [0.25, 0.3) is 0 Å². The molecule has 0 saturated carbocycles. The van der Waals surface area contributed by atoms with Crippen molar-refractivity contribution in [2.75, 3.05) is 18.5 Å². The van der Waals surface area contributed by atoms with Gasteiger partial charge < -0.3 is 20.9 Å². The molecule has 3 aromatic heterocycles. The van der Waals surface area contributed by atoms with Crippen LogP contribution >= 0.6 is 11.3 Å². The van der Waals surface area contributed by atoms with Gasteiger partial charge in [-0.25, -0.2) is 9.37 Å². The normalized spacial score (nSPS) is 24.2. The molecule has 2 aliphatic rings. The van der Waals surface area contributed by atoms with Crippen molar-refractivity contribution in [2.45, 2.75) is 38.2 Å². The number of anilines is 1. The molecule has 3 aromatic rings. The van der Waals surface area contributed by atoms with Gasteiger partial charge in [0.15, 0.2) is 11.6 Å². The van der Waals surface area contributed by atoms with Gasteiger partial charge in [0, 0.05) is 43.4 Å². The van der Waals surface area contributed by atoms with E-state index in [-0.39, 0.29) is 24.4 Å². The fourth-order valence-electron chi connectivity index (χ4n) is 4.11. The number of nitrogens with two attached hydrogens (primary N) is 1. The number of thiophene rings is 1. The molecule has 10 heteroatoms. The number of hydrogen-bond donors (Lipinski definition) is 4. The third kappa shape index (κ3) is 3.03. The van der Waals surface area contributed by atoms with Gasteiger partial charge in [-0.3, -0.25) is 10.00 Å². The molecule has 0 amide bonds. The van der Waals surface area contributed by atoms with E-state index in [4.69, 9.17) is 10.5 Å². The maximum Gasteiger partial charge on any atom is 0.170 e.